The molecule has 0 bridgehead atoms. The Morgan fingerprint density at radius 1 is 0.367 bits per heavy atom. The Morgan fingerprint density at radius 3 is 1.12 bits per heavy atom. The molecule has 1 unspecified atom stereocenters. The van der Waals surface area contributed by atoms with E-state index in [-0.39, 0.29) is 31.6 Å². The Morgan fingerprint density at radius 2 is 0.700 bits per heavy atom. The van der Waals surface area contributed by atoms with E-state index < -0.39 is 12.1 Å². The lowest BCUT2D eigenvalue weighted by Crippen LogP contribution is -2.30. The van der Waals surface area contributed by atoms with Crippen LogP contribution in [0.2, 0.25) is 0 Å². The lowest BCUT2D eigenvalue weighted by atomic mass is 10.1. The van der Waals surface area contributed by atoms with Gasteiger partial charge in [-0.3, -0.25) is 14.4 Å². The maximum atomic E-state index is 12.7. The van der Waals surface area contributed by atoms with Crippen molar-refractivity contribution in [1.82, 2.24) is 0 Å². The average Bonchev–Trinajstić information content (AvgIpc) is 3.24. The van der Waals surface area contributed by atoms with Gasteiger partial charge in [0, 0.05) is 12.8 Å². The van der Waals surface area contributed by atoms with Crippen LogP contribution in [0.4, 0.5) is 0 Å². The number of carbonyl (C=O) groups is 3. The lowest BCUT2D eigenvalue weighted by molar-refractivity contribution is -0.166. The van der Waals surface area contributed by atoms with Gasteiger partial charge in [0.1, 0.15) is 13.2 Å². The Hall–Kier alpha value is -3.93. The lowest BCUT2D eigenvalue weighted by Gasteiger charge is -2.18. The molecule has 60 heavy (non-hydrogen) atoms. The first kappa shape index (κ1) is 56.1. The first-order valence-corrected chi connectivity index (χ1v) is 23.9. The predicted octanol–water partition coefficient (Wildman–Crippen LogP) is 15.6. The van der Waals surface area contributed by atoms with Crippen LogP contribution >= 0.6 is 0 Å². The van der Waals surface area contributed by atoms with E-state index in [4.69, 9.17) is 14.2 Å². The number of unbranched alkanes of at least 4 members (excludes halogenated alkanes) is 13. The Balaban J connectivity index is 4.52. The van der Waals surface area contributed by atoms with E-state index in [1.165, 1.54) is 38.5 Å². The average molecular weight is 831 g/mol. The molecular weight excluding hydrogens is 745 g/mol. The molecule has 0 aromatic heterocycles. The molecule has 0 aliphatic carbocycles. The summed E-state index contributed by atoms with van der Waals surface area (Å²) in [6, 6.07) is 0. The van der Waals surface area contributed by atoms with Gasteiger partial charge in [-0.15, -0.1) is 0 Å². The van der Waals surface area contributed by atoms with Gasteiger partial charge in [0.15, 0.2) is 6.10 Å². The molecule has 0 fully saturated rings. The van der Waals surface area contributed by atoms with Gasteiger partial charge in [-0.05, 0) is 96.3 Å². The maximum absolute atomic E-state index is 12.7. The zero-order valence-corrected chi connectivity index (χ0v) is 38.4. The molecule has 0 aromatic rings. The fraction of sp³-hybridized carbons (Fsp3) is 0.611. The third-order valence-corrected chi connectivity index (χ3v) is 9.51. The van der Waals surface area contributed by atoms with Crippen molar-refractivity contribution in [3.8, 4) is 0 Å². The highest BCUT2D eigenvalue weighted by molar-refractivity contribution is 5.72. The summed E-state index contributed by atoms with van der Waals surface area (Å²) in [4.78, 5) is 37.8. The predicted molar refractivity (Wildman–Crippen MR) is 256 cm³/mol. The van der Waals surface area contributed by atoms with Crippen LogP contribution in [-0.4, -0.2) is 37.2 Å². The Kier molecular flexibility index (Phi) is 44.6. The molecule has 6 nitrogen and oxygen atoms in total. The van der Waals surface area contributed by atoms with Gasteiger partial charge in [-0.1, -0.05) is 188 Å². The standard InChI is InChI=1S/C54H86O6/c1-4-7-10-13-16-19-22-24-26-27-29-30-32-35-38-41-44-47-53(56)59-50-51(49-58-52(55)46-43-40-37-34-21-18-15-12-9-6-3)60-54(57)48-45-42-39-36-33-31-28-25-23-20-17-14-11-8-5-2/h7-8,10-12,15-17,19-20,24-26,28,33,36,42,45,51H,4-6,9,13-14,18,21-23,27,29-32,34-35,37-41,43-44,46-50H2,1-3H3/b10-7-,11-8-,15-12-,19-16-,20-17-,26-24-,28-25-,36-33-,45-42-. The minimum atomic E-state index is -0.840. The Labute approximate surface area is 368 Å². The normalized spacial score (nSPS) is 13.1. The third-order valence-electron chi connectivity index (χ3n) is 9.51. The molecule has 0 heterocycles. The molecule has 0 spiro atoms. The molecule has 0 aliphatic heterocycles. The summed E-state index contributed by atoms with van der Waals surface area (Å²) in [6.45, 7) is 6.22. The molecule has 0 saturated heterocycles. The number of carbonyl (C=O) groups excluding carboxylic acids is 3. The monoisotopic (exact) mass is 831 g/mol. The van der Waals surface area contributed by atoms with Crippen LogP contribution < -0.4 is 0 Å². The third kappa shape index (κ3) is 45.2. The van der Waals surface area contributed by atoms with Crippen LogP contribution in [0.1, 0.15) is 194 Å². The van der Waals surface area contributed by atoms with E-state index in [9.17, 15) is 14.4 Å². The molecule has 0 aliphatic rings. The second-order valence-electron chi connectivity index (χ2n) is 15.3. The van der Waals surface area contributed by atoms with Gasteiger partial charge in [0.25, 0.3) is 0 Å². The van der Waals surface area contributed by atoms with Crippen LogP contribution in [0.25, 0.3) is 0 Å². The molecule has 0 aromatic carbocycles. The summed E-state index contributed by atoms with van der Waals surface area (Å²) in [5.74, 6) is -1.09. The van der Waals surface area contributed by atoms with Crippen LogP contribution in [0.3, 0.4) is 0 Å². The van der Waals surface area contributed by atoms with Crippen LogP contribution in [0, 0.1) is 0 Å². The van der Waals surface area contributed by atoms with E-state index in [1.54, 1.807) is 6.08 Å². The number of allylic oxidation sites excluding steroid dienone is 17. The van der Waals surface area contributed by atoms with Crippen molar-refractivity contribution in [3.63, 3.8) is 0 Å². The first-order chi connectivity index (χ1) is 29.5. The number of hydrogen-bond acceptors (Lipinski definition) is 6. The number of esters is 3. The smallest absolute Gasteiger partial charge is 0.310 e. The molecule has 0 N–H and O–H groups in total. The second kappa shape index (κ2) is 47.7. The highest BCUT2D eigenvalue weighted by Gasteiger charge is 2.19. The van der Waals surface area contributed by atoms with E-state index in [0.717, 1.165) is 109 Å². The highest BCUT2D eigenvalue weighted by Crippen LogP contribution is 2.12. The van der Waals surface area contributed by atoms with Crippen molar-refractivity contribution in [3.05, 3.63) is 109 Å². The van der Waals surface area contributed by atoms with Crippen molar-refractivity contribution in [2.45, 2.75) is 200 Å². The summed E-state index contributed by atoms with van der Waals surface area (Å²) < 4.78 is 16.6. The summed E-state index contributed by atoms with van der Waals surface area (Å²) >= 11 is 0. The molecule has 0 rings (SSSR count). The Bertz CT molecular complexity index is 1280. The van der Waals surface area contributed by atoms with E-state index in [2.05, 4.69) is 118 Å². The zero-order valence-electron chi connectivity index (χ0n) is 38.4. The molecule has 1 atom stereocenters. The van der Waals surface area contributed by atoms with Gasteiger partial charge < -0.3 is 14.2 Å². The quantitative estimate of drug-likeness (QED) is 0.0264. The maximum Gasteiger partial charge on any atom is 0.310 e. The van der Waals surface area contributed by atoms with Crippen LogP contribution in [-0.2, 0) is 28.6 Å². The molecule has 0 radical (unpaired) electrons. The van der Waals surface area contributed by atoms with Crippen molar-refractivity contribution >= 4 is 17.9 Å². The molecule has 6 heteroatoms. The van der Waals surface area contributed by atoms with E-state index in [1.807, 2.05) is 6.08 Å². The van der Waals surface area contributed by atoms with Crippen LogP contribution in [0.5, 0.6) is 0 Å². The van der Waals surface area contributed by atoms with Crippen molar-refractivity contribution in [1.29, 1.82) is 0 Å². The minimum Gasteiger partial charge on any atom is -0.462 e. The molecule has 0 saturated carbocycles. The first-order valence-electron chi connectivity index (χ1n) is 23.9. The van der Waals surface area contributed by atoms with Gasteiger partial charge in [-0.2, -0.15) is 0 Å². The molecular formula is C54H86O6. The van der Waals surface area contributed by atoms with E-state index in [0.29, 0.717) is 19.3 Å². The van der Waals surface area contributed by atoms with Crippen molar-refractivity contribution in [2.75, 3.05) is 13.2 Å². The van der Waals surface area contributed by atoms with Gasteiger partial charge in [0.2, 0.25) is 0 Å². The number of rotatable bonds is 41. The minimum absolute atomic E-state index is 0.0893. The van der Waals surface area contributed by atoms with Crippen molar-refractivity contribution in [2.24, 2.45) is 0 Å². The zero-order chi connectivity index (χ0) is 43.7. The van der Waals surface area contributed by atoms with E-state index >= 15 is 0 Å². The molecule has 0 amide bonds. The SMILES string of the molecule is CC/C=C\C/C=C\C/C=C\C/C=C\C/C=C\CC(=O)OC(COC(=O)CCCCCCC/C=C\CCC)COC(=O)CCCCCCCCC/C=C\C/C=C\C/C=C\CC. The highest BCUT2D eigenvalue weighted by atomic mass is 16.6. The van der Waals surface area contributed by atoms with Crippen LogP contribution in [0.15, 0.2) is 109 Å². The topological polar surface area (TPSA) is 78.9 Å². The summed E-state index contributed by atoms with van der Waals surface area (Å²) in [6.07, 6.45) is 63.8. The summed E-state index contributed by atoms with van der Waals surface area (Å²) in [5, 5.41) is 0. The van der Waals surface area contributed by atoms with Gasteiger partial charge in [-0.25, -0.2) is 0 Å². The number of ether oxygens (including phenoxy) is 3. The second-order valence-corrected chi connectivity index (χ2v) is 15.3. The molecule has 338 valence electrons. The summed E-state index contributed by atoms with van der Waals surface area (Å²) in [7, 11) is 0. The van der Waals surface area contributed by atoms with Crippen molar-refractivity contribution < 1.29 is 28.6 Å². The largest absolute Gasteiger partial charge is 0.462 e. The van der Waals surface area contributed by atoms with Gasteiger partial charge in [0.05, 0.1) is 6.42 Å². The number of hydrogen-bond donors (Lipinski definition) is 0. The summed E-state index contributed by atoms with van der Waals surface area (Å²) in [5.41, 5.74) is 0. The fourth-order valence-corrected chi connectivity index (χ4v) is 6.00. The van der Waals surface area contributed by atoms with Gasteiger partial charge >= 0.3 is 17.9 Å². The fourth-order valence-electron chi connectivity index (χ4n) is 6.00.